The summed E-state index contributed by atoms with van der Waals surface area (Å²) < 4.78 is 5.85. The fourth-order valence-corrected chi connectivity index (χ4v) is 2.42. The van der Waals surface area contributed by atoms with Crippen LogP contribution in [0.5, 0.6) is 5.75 Å². The molecule has 5 heteroatoms. The third kappa shape index (κ3) is 5.09. The van der Waals surface area contributed by atoms with E-state index in [0.717, 1.165) is 16.9 Å². The summed E-state index contributed by atoms with van der Waals surface area (Å²) in [7, 11) is 0. The molecule has 0 fully saturated rings. The van der Waals surface area contributed by atoms with Crippen molar-refractivity contribution in [3.63, 3.8) is 0 Å². The first-order valence-corrected chi connectivity index (χ1v) is 8.72. The van der Waals surface area contributed by atoms with E-state index in [1.807, 2.05) is 45.9 Å². The summed E-state index contributed by atoms with van der Waals surface area (Å²) in [5.41, 5.74) is 3.23. The third-order valence-corrected chi connectivity index (χ3v) is 3.99. The van der Waals surface area contributed by atoms with Crippen LogP contribution in [0.2, 0.25) is 0 Å². The van der Waals surface area contributed by atoms with Crippen molar-refractivity contribution >= 4 is 23.2 Å². The number of rotatable bonds is 6. The molecule has 2 rings (SSSR count). The Morgan fingerprint density at radius 2 is 1.35 bits per heavy atom. The van der Waals surface area contributed by atoms with E-state index < -0.39 is 6.10 Å². The lowest BCUT2D eigenvalue weighted by molar-refractivity contribution is -0.122. The van der Waals surface area contributed by atoms with Gasteiger partial charge in [0.05, 0.1) is 0 Å². The Morgan fingerprint density at radius 1 is 0.846 bits per heavy atom. The van der Waals surface area contributed by atoms with Gasteiger partial charge in [-0.2, -0.15) is 0 Å². The maximum absolute atomic E-state index is 12.5. The van der Waals surface area contributed by atoms with Gasteiger partial charge in [0.25, 0.3) is 5.91 Å². The average molecular weight is 354 g/mol. The van der Waals surface area contributed by atoms with Crippen molar-refractivity contribution in [3.05, 3.63) is 53.6 Å². The number of carbonyl (C=O) groups excluding carboxylic acids is 2. The molecule has 0 saturated heterocycles. The minimum Gasteiger partial charge on any atom is -0.480 e. The van der Waals surface area contributed by atoms with E-state index in [-0.39, 0.29) is 17.7 Å². The lowest BCUT2D eigenvalue weighted by atomic mass is 10.1. The summed E-state index contributed by atoms with van der Waals surface area (Å²) in [6.07, 6.45) is -0.649. The molecular formula is C21H26N2O3. The first kappa shape index (κ1) is 19.5. The molecule has 2 aromatic rings. The molecule has 26 heavy (non-hydrogen) atoms. The lowest BCUT2D eigenvalue weighted by Gasteiger charge is -2.18. The normalized spacial score (nSPS) is 11.8. The van der Waals surface area contributed by atoms with Gasteiger partial charge in [-0.05, 0) is 50.1 Å². The van der Waals surface area contributed by atoms with Crippen molar-refractivity contribution in [2.24, 2.45) is 5.92 Å². The van der Waals surface area contributed by atoms with E-state index in [4.69, 9.17) is 4.74 Å². The Labute approximate surface area is 154 Å². The van der Waals surface area contributed by atoms with Crippen LogP contribution in [0.15, 0.2) is 42.5 Å². The molecule has 2 amide bonds. The Bertz CT molecular complexity index is 779. The van der Waals surface area contributed by atoms with Crippen molar-refractivity contribution in [2.75, 3.05) is 10.6 Å². The van der Waals surface area contributed by atoms with Crippen LogP contribution in [0.25, 0.3) is 0 Å². The Hall–Kier alpha value is -2.82. The molecule has 0 spiro atoms. The highest BCUT2D eigenvalue weighted by atomic mass is 16.5. The molecule has 0 saturated carbocycles. The number of carbonyl (C=O) groups is 2. The number of para-hydroxylation sites is 1. The van der Waals surface area contributed by atoms with Gasteiger partial charge in [0.2, 0.25) is 5.91 Å². The predicted molar refractivity (Wildman–Crippen MR) is 105 cm³/mol. The number of ether oxygens (including phenoxy) is 1. The number of hydrogen-bond acceptors (Lipinski definition) is 3. The zero-order chi connectivity index (χ0) is 19.3. The number of anilines is 2. The van der Waals surface area contributed by atoms with Crippen LogP contribution in [-0.4, -0.2) is 17.9 Å². The summed E-state index contributed by atoms with van der Waals surface area (Å²) in [6, 6.07) is 12.9. The van der Waals surface area contributed by atoms with Crippen molar-refractivity contribution in [1.29, 1.82) is 0 Å². The second-order valence-corrected chi connectivity index (χ2v) is 6.70. The first-order chi connectivity index (χ1) is 12.3. The molecular weight excluding hydrogens is 328 g/mol. The van der Waals surface area contributed by atoms with Gasteiger partial charge in [-0.1, -0.05) is 38.1 Å². The molecule has 1 atom stereocenters. The molecule has 0 aliphatic rings. The molecule has 0 aliphatic carbocycles. The molecule has 0 aromatic heterocycles. The van der Waals surface area contributed by atoms with Gasteiger partial charge in [0, 0.05) is 17.3 Å². The monoisotopic (exact) mass is 354 g/mol. The molecule has 5 nitrogen and oxygen atoms in total. The minimum absolute atomic E-state index is 0.0693. The van der Waals surface area contributed by atoms with Gasteiger partial charge in [0.1, 0.15) is 5.75 Å². The number of amides is 2. The second-order valence-electron chi connectivity index (χ2n) is 6.70. The van der Waals surface area contributed by atoms with Crippen LogP contribution in [0.3, 0.4) is 0 Å². The van der Waals surface area contributed by atoms with Gasteiger partial charge in [-0.15, -0.1) is 0 Å². The van der Waals surface area contributed by atoms with E-state index in [0.29, 0.717) is 11.4 Å². The topological polar surface area (TPSA) is 67.4 Å². The molecule has 0 bridgehead atoms. The largest absolute Gasteiger partial charge is 0.480 e. The number of benzene rings is 2. The van der Waals surface area contributed by atoms with Gasteiger partial charge < -0.3 is 15.4 Å². The van der Waals surface area contributed by atoms with Crippen molar-refractivity contribution in [1.82, 2.24) is 0 Å². The van der Waals surface area contributed by atoms with Crippen molar-refractivity contribution in [2.45, 2.75) is 40.7 Å². The zero-order valence-electron chi connectivity index (χ0n) is 15.9. The molecule has 2 aromatic carbocycles. The smallest absolute Gasteiger partial charge is 0.265 e. The summed E-state index contributed by atoms with van der Waals surface area (Å²) in [5.74, 6) is 0.298. The number of hydrogen-bond donors (Lipinski definition) is 2. The predicted octanol–water partition coefficient (Wildman–Crippen LogP) is 4.30. The Balaban J connectivity index is 2.04. The van der Waals surface area contributed by atoms with E-state index >= 15 is 0 Å². The molecule has 138 valence electrons. The Morgan fingerprint density at radius 3 is 1.88 bits per heavy atom. The SMILES string of the molecule is Cc1cccc(C)c1OC(C)C(=O)Nc1cccc(NC(=O)C(C)C)c1. The zero-order valence-corrected chi connectivity index (χ0v) is 15.9. The molecule has 2 N–H and O–H groups in total. The van der Waals surface area contributed by atoms with Crippen LogP contribution in [0, 0.1) is 19.8 Å². The van der Waals surface area contributed by atoms with Crippen LogP contribution >= 0.6 is 0 Å². The number of nitrogens with one attached hydrogen (secondary N) is 2. The standard InChI is InChI=1S/C21H26N2O3/c1-13(2)20(24)22-17-10-7-11-18(12-17)23-21(25)16(5)26-19-14(3)8-6-9-15(19)4/h6-13,16H,1-5H3,(H,22,24)(H,23,25). The summed E-state index contributed by atoms with van der Waals surface area (Å²) in [4.78, 5) is 24.3. The highest BCUT2D eigenvalue weighted by Gasteiger charge is 2.17. The van der Waals surface area contributed by atoms with Crippen LogP contribution in [0.4, 0.5) is 11.4 Å². The summed E-state index contributed by atoms with van der Waals surface area (Å²) in [6.45, 7) is 9.27. The fraction of sp³-hybridized carbons (Fsp3) is 0.333. The minimum atomic E-state index is -0.649. The van der Waals surface area contributed by atoms with Gasteiger partial charge >= 0.3 is 0 Å². The van der Waals surface area contributed by atoms with Crippen LogP contribution < -0.4 is 15.4 Å². The second kappa shape index (κ2) is 8.52. The lowest BCUT2D eigenvalue weighted by Crippen LogP contribution is -2.30. The quantitative estimate of drug-likeness (QED) is 0.812. The molecule has 0 radical (unpaired) electrons. The van der Waals surface area contributed by atoms with E-state index in [1.165, 1.54) is 0 Å². The van der Waals surface area contributed by atoms with E-state index in [9.17, 15) is 9.59 Å². The highest BCUT2D eigenvalue weighted by Crippen LogP contribution is 2.24. The summed E-state index contributed by atoms with van der Waals surface area (Å²) in [5, 5.41) is 5.65. The van der Waals surface area contributed by atoms with E-state index in [1.54, 1.807) is 31.2 Å². The maximum atomic E-state index is 12.5. The van der Waals surface area contributed by atoms with Gasteiger partial charge in [-0.25, -0.2) is 0 Å². The van der Waals surface area contributed by atoms with E-state index in [2.05, 4.69) is 10.6 Å². The van der Waals surface area contributed by atoms with Gasteiger partial charge in [0.15, 0.2) is 6.10 Å². The first-order valence-electron chi connectivity index (χ1n) is 8.72. The molecule has 0 aliphatic heterocycles. The number of aryl methyl sites for hydroxylation is 2. The average Bonchev–Trinajstić information content (AvgIpc) is 2.58. The summed E-state index contributed by atoms with van der Waals surface area (Å²) >= 11 is 0. The van der Waals surface area contributed by atoms with Crippen molar-refractivity contribution < 1.29 is 14.3 Å². The fourth-order valence-electron chi connectivity index (χ4n) is 2.42. The third-order valence-electron chi connectivity index (χ3n) is 3.99. The van der Waals surface area contributed by atoms with Crippen LogP contribution in [-0.2, 0) is 9.59 Å². The highest BCUT2D eigenvalue weighted by molar-refractivity contribution is 5.96. The molecule has 1 unspecified atom stereocenters. The molecule has 0 heterocycles. The van der Waals surface area contributed by atoms with Crippen LogP contribution in [0.1, 0.15) is 31.9 Å². The van der Waals surface area contributed by atoms with Crippen molar-refractivity contribution in [3.8, 4) is 5.75 Å². The maximum Gasteiger partial charge on any atom is 0.265 e. The Kier molecular flexibility index (Phi) is 6.39. The van der Waals surface area contributed by atoms with Gasteiger partial charge in [-0.3, -0.25) is 9.59 Å².